The van der Waals surface area contributed by atoms with Gasteiger partial charge in [-0.2, -0.15) is 0 Å². The molecule has 0 radical (unpaired) electrons. The molecule has 0 aliphatic carbocycles. The second-order valence-electron chi connectivity index (χ2n) is 9.56. The zero-order valence-electron chi connectivity index (χ0n) is 23.2. The predicted molar refractivity (Wildman–Crippen MR) is 150 cm³/mol. The van der Waals surface area contributed by atoms with Crippen molar-refractivity contribution in [2.45, 2.75) is 38.8 Å². The fraction of sp³-hybridized carbons (Fsp3) is 0.259. The molecule has 2 atom stereocenters. The van der Waals surface area contributed by atoms with Crippen LogP contribution < -0.4 is 14.8 Å². The van der Waals surface area contributed by atoms with Gasteiger partial charge in [-0.15, -0.1) is 0 Å². The molecule has 16 heteroatoms. The summed E-state index contributed by atoms with van der Waals surface area (Å²) in [5, 5.41) is 15.1. The number of carbonyl (C=O) groups excluding carboxylic acids is 3. The van der Waals surface area contributed by atoms with Gasteiger partial charge < -0.3 is 19.3 Å². The Kier molecular flexibility index (Phi) is 9.09. The highest BCUT2D eigenvalue weighted by Crippen LogP contribution is 2.33. The number of β-lactam (4-membered cyclic amide) rings is 1. The van der Waals surface area contributed by atoms with Crippen LogP contribution in [-0.4, -0.2) is 59.2 Å². The molecule has 226 valence electrons. The number of para-hydroxylation sites is 1. The molecule has 1 aromatic heterocycles. The average molecular weight is 614 g/mol. The van der Waals surface area contributed by atoms with E-state index in [1.54, 1.807) is 37.3 Å². The number of nitrogens with zero attached hydrogens (tertiary/aromatic N) is 3. The number of aryl methyl sites for hydroxylation is 1. The van der Waals surface area contributed by atoms with Crippen LogP contribution in [0.2, 0.25) is 0 Å². The number of hydrogen-bond acceptors (Lipinski definition) is 11. The molecule has 0 bridgehead atoms. The van der Waals surface area contributed by atoms with E-state index in [-0.39, 0.29) is 29.4 Å². The minimum absolute atomic E-state index is 0.156. The molecule has 0 saturated carbocycles. The molecular formula is C27H27N5O10S. The van der Waals surface area contributed by atoms with Gasteiger partial charge in [-0.05, 0) is 56.2 Å². The Bertz CT molecular complexity index is 1670. The topological polar surface area (TPSA) is 200 Å². The van der Waals surface area contributed by atoms with Crippen molar-refractivity contribution in [3.8, 4) is 5.75 Å². The number of nitrogens with one attached hydrogen (secondary N) is 2. The third-order valence-electron chi connectivity index (χ3n) is 6.09. The molecule has 3 aromatic rings. The molecule has 0 unspecified atom stereocenters. The average Bonchev–Trinajstić information content (AvgIpc) is 3.37. The van der Waals surface area contributed by atoms with Crippen molar-refractivity contribution in [1.82, 2.24) is 15.4 Å². The number of nitro benzene ring substituents is 1. The van der Waals surface area contributed by atoms with Crippen LogP contribution >= 0.6 is 0 Å². The Labute approximate surface area is 245 Å². The number of esters is 1. The summed E-state index contributed by atoms with van der Waals surface area (Å²) in [5.74, 6) is -2.17. The number of amides is 2. The summed E-state index contributed by atoms with van der Waals surface area (Å²) < 4.78 is 44.9. The third-order valence-corrected chi connectivity index (χ3v) is 7.70. The molecule has 2 N–H and O–H groups in total. The zero-order chi connectivity index (χ0) is 31.3. The Morgan fingerprint density at radius 2 is 1.79 bits per heavy atom. The molecular weight excluding hydrogens is 586 g/mol. The van der Waals surface area contributed by atoms with Crippen LogP contribution in [0.5, 0.6) is 5.75 Å². The lowest BCUT2D eigenvalue weighted by atomic mass is 10.0. The molecule has 1 aliphatic rings. The van der Waals surface area contributed by atoms with Gasteiger partial charge in [0.1, 0.15) is 29.9 Å². The second-order valence-corrected chi connectivity index (χ2v) is 11.3. The maximum absolute atomic E-state index is 13.5. The lowest BCUT2D eigenvalue weighted by molar-refractivity contribution is -0.384. The van der Waals surface area contributed by atoms with E-state index in [1.807, 2.05) is 0 Å². The first kappa shape index (κ1) is 30.7. The lowest BCUT2D eigenvalue weighted by Gasteiger charge is -2.46. The standard InChI is InChI=1S/C27H27N5O10S/c1-16(2)24(27(35)41-14-18-9-11-19(12-10-18)32(36)37)31-25(34)23(28-22(33)15-40-20-7-5-4-6-8-20)26(31)43(38,39)30-21-13-17(3)42-29-21/h4-13,23,26H,14-15H2,1-3H3,(H,28,33)(H,29,30)/t23-,26-/m1/s1. The summed E-state index contributed by atoms with van der Waals surface area (Å²) in [7, 11) is -4.53. The van der Waals surface area contributed by atoms with E-state index in [0.717, 1.165) is 4.90 Å². The molecule has 4 rings (SSSR count). The molecule has 0 spiro atoms. The highest BCUT2D eigenvalue weighted by Gasteiger charge is 2.58. The second kappa shape index (κ2) is 12.7. The molecule has 2 aromatic carbocycles. The van der Waals surface area contributed by atoms with Gasteiger partial charge in [0, 0.05) is 18.2 Å². The van der Waals surface area contributed by atoms with Gasteiger partial charge in [0.2, 0.25) is 0 Å². The van der Waals surface area contributed by atoms with Crippen LogP contribution in [0.4, 0.5) is 11.5 Å². The number of non-ortho nitro benzene ring substituents is 1. The van der Waals surface area contributed by atoms with Gasteiger partial charge in [0.05, 0.1) is 4.92 Å². The number of ether oxygens (including phenoxy) is 2. The molecule has 2 amide bonds. The summed E-state index contributed by atoms with van der Waals surface area (Å²) in [4.78, 5) is 50.3. The summed E-state index contributed by atoms with van der Waals surface area (Å²) in [5.41, 5.74) is 0.149. The van der Waals surface area contributed by atoms with Crippen LogP contribution in [0.25, 0.3) is 0 Å². The Hall–Kier alpha value is -5.25. The minimum atomic E-state index is -4.53. The monoisotopic (exact) mass is 613 g/mol. The number of benzene rings is 2. The highest BCUT2D eigenvalue weighted by molar-refractivity contribution is 7.93. The fourth-order valence-corrected chi connectivity index (χ4v) is 5.67. The maximum atomic E-state index is 13.5. The number of carbonyl (C=O) groups is 3. The van der Waals surface area contributed by atoms with Crippen LogP contribution in [0.15, 0.2) is 76.5 Å². The fourth-order valence-electron chi connectivity index (χ4n) is 4.13. The van der Waals surface area contributed by atoms with E-state index in [2.05, 4.69) is 15.2 Å². The number of likely N-dealkylation sites (tertiary alicyclic amines) is 1. The quantitative estimate of drug-likeness (QED) is 0.0999. The predicted octanol–water partition coefficient (Wildman–Crippen LogP) is 2.40. The van der Waals surface area contributed by atoms with Crippen LogP contribution in [0.3, 0.4) is 0 Å². The number of anilines is 1. The van der Waals surface area contributed by atoms with E-state index < -0.39 is 50.8 Å². The first-order valence-corrected chi connectivity index (χ1v) is 14.2. The molecule has 1 fully saturated rings. The molecule has 1 saturated heterocycles. The van der Waals surface area contributed by atoms with Crippen LogP contribution in [0.1, 0.15) is 25.2 Å². The molecule has 15 nitrogen and oxygen atoms in total. The van der Waals surface area contributed by atoms with E-state index in [1.165, 1.54) is 44.2 Å². The van der Waals surface area contributed by atoms with Crippen molar-refractivity contribution in [2.24, 2.45) is 0 Å². The number of nitro groups is 1. The molecule has 2 heterocycles. The highest BCUT2D eigenvalue weighted by atomic mass is 32.2. The van der Waals surface area contributed by atoms with Crippen LogP contribution in [-0.2, 0) is 35.8 Å². The van der Waals surface area contributed by atoms with Crippen molar-refractivity contribution in [2.75, 3.05) is 11.3 Å². The molecule has 1 aliphatic heterocycles. The third kappa shape index (κ3) is 7.16. The van der Waals surface area contributed by atoms with Crippen molar-refractivity contribution < 1.29 is 41.7 Å². The van der Waals surface area contributed by atoms with Gasteiger partial charge in [0.25, 0.3) is 27.5 Å². The van der Waals surface area contributed by atoms with Crippen LogP contribution in [0, 0.1) is 17.0 Å². The number of allylic oxidation sites excluding steroid dienone is 1. The number of aromatic nitrogens is 1. The largest absolute Gasteiger partial charge is 0.484 e. The van der Waals surface area contributed by atoms with Gasteiger partial charge in [-0.1, -0.05) is 23.4 Å². The van der Waals surface area contributed by atoms with Gasteiger partial charge in [-0.25, -0.2) is 13.2 Å². The van der Waals surface area contributed by atoms with E-state index in [4.69, 9.17) is 14.0 Å². The first-order chi connectivity index (χ1) is 20.4. The van der Waals surface area contributed by atoms with Crippen molar-refractivity contribution in [3.63, 3.8) is 0 Å². The maximum Gasteiger partial charge on any atom is 0.355 e. The van der Waals surface area contributed by atoms with Gasteiger partial charge in [-0.3, -0.25) is 29.3 Å². The smallest absolute Gasteiger partial charge is 0.355 e. The van der Waals surface area contributed by atoms with E-state index >= 15 is 0 Å². The van der Waals surface area contributed by atoms with Gasteiger partial charge in [0.15, 0.2) is 17.8 Å². The first-order valence-electron chi connectivity index (χ1n) is 12.7. The van der Waals surface area contributed by atoms with Crippen molar-refractivity contribution >= 4 is 39.3 Å². The number of rotatable bonds is 12. The Morgan fingerprint density at radius 1 is 1.12 bits per heavy atom. The normalized spacial score (nSPS) is 16.1. The Balaban J connectivity index is 1.55. The minimum Gasteiger partial charge on any atom is -0.484 e. The zero-order valence-corrected chi connectivity index (χ0v) is 24.0. The summed E-state index contributed by atoms with van der Waals surface area (Å²) in [6.07, 6.45) is 0. The SMILES string of the molecule is CC(C)=C(C(=O)OCc1ccc([N+](=O)[O-])cc1)N1C(=O)[C@@H](NC(=O)COc2ccccc2)[C@H]1S(=O)(=O)Nc1cc(C)on1. The summed E-state index contributed by atoms with van der Waals surface area (Å²) in [6.45, 7) is 3.67. The van der Waals surface area contributed by atoms with E-state index in [0.29, 0.717) is 17.1 Å². The lowest BCUT2D eigenvalue weighted by Crippen LogP contribution is -2.74. The number of hydrogen-bond donors (Lipinski definition) is 2. The summed E-state index contributed by atoms with van der Waals surface area (Å²) >= 11 is 0. The van der Waals surface area contributed by atoms with E-state index in [9.17, 15) is 32.9 Å². The Morgan fingerprint density at radius 3 is 2.37 bits per heavy atom. The van der Waals surface area contributed by atoms with Crippen molar-refractivity contribution in [3.05, 3.63) is 93.4 Å². The van der Waals surface area contributed by atoms with Crippen molar-refractivity contribution in [1.29, 1.82) is 0 Å². The summed E-state index contributed by atoms with van der Waals surface area (Å²) in [6, 6.07) is 13.4. The number of sulfonamides is 1. The van der Waals surface area contributed by atoms with Gasteiger partial charge >= 0.3 is 5.97 Å². The molecule has 43 heavy (non-hydrogen) atoms.